The molecule has 3 aromatic rings. The number of hydrogen-bond donors (Lipinski definition) is 20. The molecule has 0 aromatic heterocycles. The predicted octanol–water partition coefficient (Wildman–Crippen LogP) is 13.3. The molecule has 0 spiro atoms. The molecular formula is C89H140N11O37Pt6-7. The fraction of sp³-hybridized carbons (Fsp3) is 0.539. The van der Waals surface area contributed by atoms with Gasteiger partial charge in [0, 0.05) is 162 Å². The third-order valence-electron chi connectivity index (χ3n) is 17.3. The van der Waals surface area contributed by atoms with Gasteiger partial charge in [0.05, 0.1) is 19.3 Å². The minimum Gasteiger partial charge on any atom is -0.676 e. The van der Waals surface area contributed by atoms with Crippen molar-refractivity contribution >= 4 is 119 Å². The Labute approximate surface area is 918 Å². The zero-order chi connectivity index (χ0) is 104. The fourth-order valence-electron chi connectivity index (χ4n) is 10.1. The summed E-state index contributed by atoms with van der Waals surface area (Å²) in [5.41, 5.74) is 61.9. The molecule has 48 nitrogen and oxygen atoms in total. The number of aryl methyl sites for hydroxylation is 3. The van der Waals surface area contributed by atoms with E-state index in [-0.39, 0.29) is 311 Å². The van der Waals surface area contributed by atoms with E-state index in [4.69, 9.17) is 171 Å². The minimum absolute atomic E-state index is 0. The standard InChI is InChI=1S/3C10H12O2.3C8H13NO5.4C6H12N2.4C2H2O4.3CH3.6Pt/c3*11-10(12)8-4-7-9-5-2-1-3-6-9;3*10-6(3-4-8(13)14)9-5-1-2-7(11)12;4*7-5-3-1-2-4-6(5)8;4*3-1(4)2(5)6;;;;;;;;;/h3*1-3,5-6H,4,7-8H2,(H,11,12);3*1-5H2,(H,9,10)(H,11,12)(H,13,14);4*5-8H,1-4H2;4*(H,3,4)(H,5,6);3*1H3;;;;;;/q;;;;;;4*-2;;;;;3*-1;;;;;2*+2. The number of nitrogens with one attached hydrogen (secondary N) is 11. The Morgan fingerprint density at radius 1 is 0.210 bits per heavy atom. The van der Waals surface area contributed by atoms with Crippen LogP contribution in [-0.4, -0.2) is 274 Å². The molecule has 8 atom stereocenters. The topological polar surface area (TPSA) is 912 Å². The second kappa shape index (κ2) is 115. The normalized spacial score (nSPS) is 15.3. The smallest absolute Gasteiger partial charge is 0.676 e. The molecule has 4 saturated carbocycles. The van der Waals surface area contributed by atoms with Gasteiger partial charge < -0.3 is 171 Å². The monoisotopic (exact) mass is 3120 g/mol. The first-order valence-corrected chi connectivity index (χ1v) is 42.1. The average molecular weight is 3130 g/mol. The maximum absolute atomic E-state index is 10.9. The van der Waals surface area contributed by atoms with Crippen LogP contribution in [0.5, 0.6) is 0 Å². The molecule has 0 aliphatic heterocycles. The zero-order valence-corrected chi connectivity index (χ0v) is 92.9. The summed E-state index contributed by atoms with van der Waals surface area (Å²) in [6, 6.07) is 29.1. The third-order valence-corrected chi connectivity index (χ3v) is 17.3. The number of benzene rings is 3. The maximum atomic E-state index is 10.9. The third kappa shape index (κ3) is 137. The van der Waals surface area contributed by atoms with E-state index in [1.165, 1.54) is 68.1 Å². The van der Waals surface area contributed by atoms with Crippen LogP contribution in [0.3, 0.4) is 0 Å². The molecule has 0 radical (unpaired) electrons. The molecule has 143 heavy (non-hydrogen) atoms. The van der Waals surface area contributed by atoms with Gasteiger partial charge in [-0.2, -0.15) is 48.3 Å². The van der Waals surface area contributed by atoms with E-state index in [2.05, 4.69) is 16.0 Å². The van der Waals surface area contributed by atoms with Crippen LogP contribution in [0.1, 0.15) is 235 Å². The van der Waals surface area contributed by atoms with Crippen LogP contribution in [0.2, 0.25) is 0 Å². The molecule has 3 aromatic carbocycles. The molecule has 7 rings (SSSR count). The molecule has 3 amide bonds. The molecule has 4 aliphatic rings. The number of hydrogen-bond acceptors (Lipinski definition) is 20. The molecule has 0 saturated heterocycles. The van der Waals surface area contributed by atoms with Crippen molar-refractivity contribution in [3.8, 4) is 0 Å². The number of aliphatic carboxylic acids is 17. The molecule has 4 fully saturated rings. The zero-order valence-electron chi connectivity index (χ0n) is 79.2. The molecule has 54 heteroatoms. The maximum Gasteiger partial charge on any atom is 2.00 e. The average Bonchev–Trinajstić information content (AvgIpc) is 0.935. The molecular weight excluding hydrogens is 2990 g/mol. The number of amides is 3. The van der Waals surface area contributed by atoms with E-state index in [0.717, 1.165) is 89.9 Å². The summed E-state index contributed by atoms with van der Waals surface area (Å²) < 4.78 is 0. The van der Waals surface area contributed by atoms with Crippen molar-refractivity contribution in [2.24, 2.45) is 0 Å². The molecule has 4 aliphatic carbocycles. The van der Waals surface area contributed by atoms with Crippen molar-refractivity contribution in [2.75, 3.05) is 19.6 Å². The van der Waals surface area contributed by atoms with Crippen LogP contribution in [0.15, 0.2) is 91.0 Å². The number of carbonyl (C=O) groups excluding carboxylic acids is 3. The van der Waals surface area contributed by atoms with Crippen molar-refractivity contribution < 1.29 is 309 Å². The molecule has 8 unspecified atom stereocenters. The second-order valence-electron chi connectivity index (χ2n) is 28.9. The van der Waals surface area contributed by atoms with Crippen molar-refractivity contribution in [2.45, 2.75) is 286 Å². The van der Waals surface area contributed by atoms with Gasteiger partial charge >= 0.3 is 144 Å². The Kier molecular flexibility index (Phi) is 137. The van der Waals surface area contributed by atoms with Crippen molar-refractivity contribution in [3.05, 3.63) is 176 Å². The van der Waals surface area contributed by atoms with Crippen LogP contribution in [0, 0.1) is 22.3 Å². The van der Waals surface area contributed by atoms with Gasteiger partial charge in [0.25, 0.3) is 0 Å². The Morgan fingerprint density at radius 3 is 0.448 bits per heavy atom. The van der Waals surface area contributed by atoms with Crippen LogP contribution in [0.25, 0.3) is 45.9 Å². The summed E-state index contributed by atoms with van der Waals surface area (Å²) in [6.45, 7) is 0.806. The first-order valence-electron chi connectivity index (χ1n) is 42.1. The molecule has 0 heterocycles. The van der Waals surface area contributed by atoms with E-state index >= 15 is 0 Å². The summed E-state index contributed by atoms with van der Waals surface area (Å²) in [6.07, 6.45) is 22.7. The summed E-state index contributed by atoms with van der Waals surface area (Å²) >= 11 is 0. The van der Waals surface area contributed by atoms with Gasteiger partial charge in [-0.05, 0) is 74.5 Å². The van der Waals surface area contributed by atoms with Crippen LogP contribution >= 0.6 is 0 Å². The van der Waals surface area contributed by atoms with Gasteiger partial charge in [0.2, 0.25) is 17.7 Å². The van der Waals surface area contributed by atoms with Gasteiger partial charge in [-0.15, -0.1) is 0 Å². The van der Waals surface area contributed by atoms with Crippen molar-refractivity contribution in [3.63, 3.8) is 0 Å². The van der Waals surface area contributed by atoms with Crippen molar-refractivity contribution in [1.82, 2.24) is 16.0 Å². The van der Waals surface area contributed by atoms with E-state index in [1.807, 2.05) is 91.0 Å². The molecule has 0 bridgehead atoms. The summed E-state index contributed by atoms with van der Waals surface area (Å²) in [5.74, 6) is -23.6. The van der Waals surface area contributed by atoms with Crippen LogP contribution in [-0.2, 0) is 242 Å². The largest absolute Gasteiger partial charge is 2.00 e. The Hall–Kier alpha value is -9.13. The number of rotatable bonds is 33. The minimum atomic E-state index is -1.82. The number of carbonyl (C=O) groups is 20. The first-order chi connectivity index (χ1) is 62.7. The van der Waals surface area contributed by atoms with Gasteiger partial charge in [0.1, 0.15) is 0 Å². The summed E-state index contributed by atoms with van der Waals surface area (Å²) in [7, 11) is 0. The second-order valence-corrected chi connectivity index (χ2v) is 28.9. The van der Waals surface area contributed by atoms with E-state index in [1.54, 1.807) is 0 Å². The summed E-state index contributed by atoms with van der Waals surface area (Å²) in [5, 5.41) is 141. The predicted molar refractivity (Wildman–Crippen MR) is 500 cm³/mol. The van der Waals surface area contributed by atoms with Crippen LogP contribution in [0.4, 0.5) is 0 Å². The molecule has 840 valence electrons. The van der Waals surface area contributed by atoms with Gasteiger partial charge in [-0.1, -0.05) is 194 Å². The fourth-order valence-corrected chi connectivity index (χ4v) is 10.1. The number of carboxylic acids is 17. The van der Waals surface area contributed by atoms with Crippen LogP contribution < -0.4 is 16.0 Å². The van der Waals surface area contributed by atoms with Gasteiger partial charge in [-0.25, -0.2) is 38.4 Å². The van der Waals surface area contributed by atoms with E-state index < -0.39 is 101 Å². The van der Waals surface area contributed by atoms with Gasteiger partial charge in [-0.3, -0.25) is 57.5 Å². The van der Waals surface area contributed by atoms with E-state index in [0.29, 0.717) is 19.3 Å². The Balaban J connectivity index is -0.0000000871. The molecule has 28 N–H and O–H groups in total. The van der Waals surface area contributed by atoms with Gasteiger partial charge in [0.15, 0.2) is 0 Å². The van der Waals surface area contributed by atoms with Crippen molar-refractivity contribution in [1.29, 1.82) is 0 Å². The Morgan fingerprint density at radius 2 is 0.336 bits per heavy atom. The summed E-state index contributed by atoms with van der Waals surface area (Å²) in [4.78, 5) is 196. The SMILES string of the molecule is O=C(O)C(=O)O.O=C(O)C(=O)O.O=C(O)C(=O)O.O=C(O)C(=O)O.O=C(O)CCCNC(=O)CCC(=O)O.O=C(O)CCCNC(=O)CCC(=O)O.O=C(O)CCCNC(=O)CCC(=O)O.O=C(O)CCCc1ccccc1.O=C(O)CCCc1ccccc1.O=C(O)CCCc1ccccc1.[CH3-].[CH3-].[CH3-].[NH-]C1CCCCC1[NH-].[NH-]C1CCCCC1[NH-].[NH-]C1CCCCC1[NH-].[NH-]C1CCCCC1[NH-].[Pt+2].[Pt+2].[Pt].[Pt].[Pt].[Pt]. The quantitative estimate of drug-likeness (QED) is 0.0153. The first kappa shape index (κ1) is 170. The van der Waals surface area contributed by atoms with E-state index in [9.17, 15) is 57.5 Å². The Bertz CT molecular complexity index is 3380. The number of carboxylic acid groups (broad SMARTS) is 17.